The van der Waals surface area contributed by atoms with Gasteiger partial charge < -0.3 is 14.6 Å². The van der Waals surface area contributed by atoms with Crippen LogP contribution in [0.1, 0.15) is 13.3 Å². The van der Waals surface area contributed by atoms with Crippen molar-refractivity contribution in [2.24, 2.45) is 0 Å². The Bertz CT molecular complexity index is 855. The number of fused-ring (bicyclic) bond motifs is 1. The molecule has 2 aromatic carbocycles. The molecule has 5 nitrogen and oxygen atoms in total. The number of benzene rings is 2. The molecule has 1 heterocycles. The van der Waals surface area contributed by atoms with Crippen molar-refractivity contribution in [1.82, 2.24) is 14.9 Å². The number of carbonyl (C=O) groups is 1. The zero-order chi connectivity index (χ0) is 16.9. The van der Waals surface area contributed by atoms with Crippen molar-refractivity contribution in [3.8, 4) is 17.1 Å². The third kappa shape index (κ3) is 3.25. The molecule has 24 heavy (non-hydrogen) atoms. The van der Waals surface area contributed by atoms with E-state index in [-0.39, 0.29) is 12.5 Å². The predicted molar refractivity (Wildman–Crippen MR) is 95.0 cm³/mol. The van der Waals surface area contributed by atoms with Crippen molar-refractivity contribution in [2.75, 3.05) is 13.7 Å². The lowest BCUT2D eigenvalue weighted by atomic mass is 10.2. The van der Waals surface area contributed by atoms with E-state index in [1.54, 1.807) is 7.11 Å². The van der Waals surface area contributed by atoms with E-state index in [1.807, 2.05) is 60.0 Å². The van der Waals surface area contributed by atoms with E-state index in [1.165, 1.54) is 0 Å². The molecule has 0 atom stereocenters. The summed E-state index contributed by atoms with van der Waals surface area (Å²) >= 11 is 0. The van der Waals surface area contributed by atoms with Gasteiger partial charge in [-0.2, -0.15) is 0 Å². The minimum Gasteiger partial charge on any atom is -0.497 e. The first-order valence-electron chi connectivity index (χ1n) is 8.09. The minimum absolute atomic E-state index is 0.0100. The fraction of sp³-hybridized carbons (Fsp3) is 0.263. The summed E-state index contributed by atoms with van der Waals surface area (Å²) in [5, 5.41) is 2.92. The summed E-state index contributed by atoms with van der Waals surface area (Å²) in [6.45, 7) is 2.96. The van der Waals surface area contributed by atoms with Crippen LogP contribution in [0, 0.1) is 0 Å². The monoisotopic (exact) mass is 323 g/mol. The Hall–Kier alpha value is -2.82. The number of amides is 1. The second-order valence-electron chi connectivity index (χ2n) is 5.59. The fourth-order valence-electron chi connectivity index (χ4n) is 2.68. The van der Waals surface area contributed by atoms with E-state index >= 15 is 0 Å². The predicted octanol–water partition coefficient (Wildman–Crippen LogP) is 3.24. The minimum atomic E-state index is -0.0100. The van der Waals surface area contributed by atoms with Gasteiger partial charge in [-0.3, -0.25) is 4.79 Å². The maximum Gasteiger partial charge on any atom is 0.240 e. The van der Waals surface area contributed by atoms with Crippen molar-refractivity contribution in [3.05, 3.63) is 48.5 Å². The van der Waals surface area contributed by atoms with Crippen molar-refractivity contribution in [2.45, 2.75) is 19.9 Å². The molecule has 124 valence electrons. The SMILES string of the molecule is CCCNC(=O)Cn1c(-c2cccc(OC)c2)nc2ccccc21. The summed E-state index contributed by atoms with van der Waals surface area (Å²) in [7, 11) is 1.64. The Morgan fingerprint density at radius 1 is 1.21 bits per heavy atom. The summed E-state index contributed by atoms with van der Waals surface area (Å²) in [6, 6.07) is 15.6. The van der Waals surface area contributed by atoms with Gasteiger partial charge in [-0.25, -0.2) is 4.98 Å². The molecule has 0 bridgehead atoms. The van der Waals surface area contributed by atoms with Crippen molar-refractivity contribution in [3.63, 3.8) is 0 Å². The number of hydrogen-bond donors (Lipinski definition) is 1. The number of methoxy groups -OCH3 is 1. The van der Waals surface area contributed by atoms with Crippen molar-refractivity contribution < 1.29 is 9.53 Å². The van der Waals surface area contributed by atoms with Crippen molar-refractivity contribution >= 4 is 16.9 Å². The molecule has 5 heteroatoms. The number of carbonyl (C=O) groups excluding carboxylic acids is 1. The van der Waals surface area contributed by atoms with Crippen LogP contribution < -0.4 is 10.1 Å². The Labute approximate surface area is 141 Å². The summed E-state index contributed by atoms with van der Waals surface area (Å²) < 4.78 is 7.26. The molecular formula is C19H21N3O2. The lowest BCUT2D eigenvalue weighted by molar-refractivity contribution is -0.121. The van der Waals surface area contributed by atoms with Gasteiger partial charge in [-0.1, -0.05) is 31.2 Å². The lowest BCUT2D eigenvalue weighted by Crippen LogP contribution is -2.28. The number of imidazole rings is 1. The number of rotatable bonds is 6. The van der Waals surface area contributed by atoms with E-state index in [0.717, 1.165) is 34.6 Å². The van der Waals surface area contributed by atoms with Gasteiger partial charge in [-0.05, 0) is 30.7 Å². The van der Waals surface area contributed by atoms with E-state index in [9.17, 15) is 4.79 Å². The zero-order valence-electron chi connectivity index (χ0n) is 14.0. The van der Waals surface area contributed by atoms with E-state index in [2.05, 4.69) is 5.32 Å². The molecule has 1 amide bonds. The van der Waals surface area contributed by atoms with E-state index in [0.29, 0.717) is 6.54 Å². The Balaban J connectivity index is 2.06. The van der Waals surface area contributed by atoms with Crippen LogP contribution >= 0.6 is 0 Å². The normalized spacial score (nSPS) is 10.8. The molecule has 3 aromatic rings. The van der Waals surface area contributed by atoms with Gasteiger partial charge in [0.1, 0.15) is 18.1 Å². The molecule has 0 aliphatic carbocycles. The second kappa shape index (κ2) is 7.17. The third-order valence-corrected chi connectivity index (χ3v) is 3.86. The fourth-order valence-corrected chi connectivity index (χ4v) is 2.68. The highest BCUT2D eigenvalue weighted by Gasteiger charge is 2.15. The van der Waals surface area contributed by atoms with Gasteiger partial charge in [0, 0.05) is 12.1 Å². The van der Waals surface area contributed by atoms with Crippen LogP contribution in [0.3, 0.4) is 0 Å². The summed E-state index contributed by atoms with van der Waals surface area (Å²) in [5.74, 6) is 1.52. The molecule has 0 spiro atoms. The van der Waals surface area contributed by atoms with Gasteiger partial charge in [0.15, 0.2) is 0 Å². The number of ether oxygens (including phenoxy) is 1. The Morgan fingerprint density at radius 2 is 2.04 bits per heavy atom. The third-order valence-electron chi connectivity index (χ3n) is 3.86. The summed E-state index contributed by atoms with van der Waals surface area (Å²) in [5.41, 5.74) is 2.74. The van der Waals surface area contributed by atoms with Gasteiger partial charge >= 0.3 is 0 Å². The molecule has 0 saturated heterocycles. The summed E-state index contributed by atoms with van der Waals surface area (Å²) in [6.07, 6.45) is 0.916. The van der Waals surface area contributed by atoms with Gasteiger partial charge in [0.25, 0.3) is 0 Å². The number of nitrogens with zero attached hydrogens (tertiary/aromatic N) is 2. The zero-order valence-corrected chi connectivity index (χ0v) is 14.0. The summed E-state index contributed by atoms with van der Waals surface area (Å²) in [4.78, 5) is 17.0. The largest absolute Gasteiger partial charge is 0.497 e. The Kier molecular flexibility index (Phi) is 4.79. The average molecular weight is 323 g/mol. The maximum atomic E-state index is 12.2. The van der Waals surface area contributed by atoms with E-state index < -0.39 is 0 Å². The van der Waals surface area contributed by atoms with Gasteiger partial charge in [-0.15, -0.1) is 0 Å². The van der Waals surface area contributed by atoms with Crippen LogP contribution in [0.25, 0.3) is 22.4 Å². The highest BCUT2D eigenvalue weighted by atomic mass is 16.5. The number of aromatic nitrogens is 2. The molecule has 3 rings (SSSR count). The molecule has 1 N–H and O–H groups in total. The molecule has 0 radical (unpaired) electrons. The first kappa shape index (κ1) is 16.1. The smallest absolute Gasteiger partial charge is 0.240 e. The van der Waals surface area contributed by atoms with Crippen molar-refractivity contribution in [1.29, 1.82) is 0 Å². The molecule has 0 saturated carbocycles. The molecule has 0 fully saturated rings. The standard InChI is InChI=1S/C19H21N3O2/c1-3-11-20-18(23)13-22-17-10-5-4-9-16(17)21-19(22)14-7-6-8-15(12-14)24-2/h4-10,12H,3,11,13H2,1-2H3,(H,20,23). The number of para-hydroxylation sites is 2. The van der Waals surface area contributed by atoms with E-state index in [4.69, 9.17) is 9.72 Å². The van der Waals surface area contributed by atoms with Crippen LogP contribution in [0.2, 0.25) is 0 Å². The molecule has 1 aromatic heterocycles. The molecular weight excluding hydrogens is 302 g/mol. The van der Waals surface area contributed by atoms with Gasteiger partial charge in [0.05, 0.1) is 18.1 Å². The first-order chi connectivity index (χ1) is 11.7. The first-order valence-corrected chi connectivity index (χ1v) is 8.09. The second-order valence-corrected chi connectivity index (χ2v) is 5.59. The molecule has 0 aliphatic rings. The molecule has 0 unspecified atom stereocenters. The van der Waals surface area contributed by atoms with Crippen LogP contribution in [-0.2, 0) is 11.3 Å². The van der Waals surface area contributed by atoms with Crippen LogP contribution in [0.4, 0.5) is 0 Å². The topological polar surface area (TPSA) is 56.2 Å². The van der Waals surface area contributed by atoms with Crippen LogP contribution in [0.5, 0.6) is 5.75 Å². The lowest BCUT2D eigenvalue weighted by Gasteiger charge is -2.10. The average Bonchev–Trinajstić information content (AvgIpc) is 2.98. The highest BCUT2D eigenvalue weighted by molar-refractivity contribution is 5.84. The highest BCUT2D eigenvalue weighted by Crippen LogP contribution is 2.27. The van der Waals surface area contributed by atoms with Gasteiger partial charge in [0.2, 0.25) is 5.91 Å². The quantitative estimate of drug-likeness (QED) is 0.757. The van der Waals surface area contributed by atoms with Crippen LogP contribution in [-0.4, -0.2) is 29.1 Å². The van der Waals surface area contributed by atoms with Crippen LogP contribution in [0.15, 0.2) is 48.5 Å². The number of nitrogens with one attached hydrogen (secondary N) is 1. The Morgan fingerprint density at radius 3 is 2.83 bits per heavy atom. The maximum absolute atomic E-state index is 12.2. The number of hydrogen-bond acceptors (Lipinski definition) is 3. The molecule has 0 aliphatic heterocycles.